The summed E-state index contributed by atoms with van der Waals surface area (Å²) in [5.41, 5.74) is 6.43. The van der Waals surface area contributed by atoms with Crippen LogP contribution in [0.4, 0.5) is 5.69 Å². The van der Waals surface area contributed by atoms with Gasteiger partial charge in [-0.1, -0.05) is 18.2 Å². The third kappa shape index (κ3) is 4.88. The summed E-state index contributed by atoms with van der Waals surface area (Å²) < 4.78 is 23.4. The zero-order chi connectivity index (χ0) is 25.2. The molecule has 6 nitrogen and oxygen atoms in total. The summed E-state index contributed by atoms with van der Waals surface area (Å²) >= 11 is 0. The second-order valence-electron chi connectivity index (χ2n) is 9.48. The van der Waals surface area contributed by atoms with Gasteiger partial charge in [0.2, 0.25) is 0 Å². The normalized spacial score (nSPS) is 16.9. The number of nitrogens with one attached hydrogen (secondary N) is 1. The number of hydrogen-bond acceptors (Lipinski definition) is 6. The van der Waals surface area contributed by atoms with Crippen LogP contribution in [0.1, 0.15) is 64.2 Å². The molecule has 2 heterocycles. The lowest BCUT2D eigenvalue weighted by Crippen LogP contribution is -2.32. The molecule has 1 unspecified atom stereocenters. The largest absolute Gasteiger partial charge is 0.492 e. The van der Waals surface area contributed by atoms with Gasteiger partial charge in [0.1, 0.15) is 11.9 Å². The summed E-state index contributed by atoms with van der Waals surface area (Å²) in [6.45, 7) is 13.0. The lowest BCUT2D eigenvalue weighted by Gasteiger charge is -2.37. The SMILES string of the molecule is C=CCC1Oc2ccc(OCCCC(=O)OCC)c(OC)c2-c2ccc3c(c21)C(C)=CC(C)(C)N3. The number of hydrogen-bond donors (Lipinski definition) is 1. The summed E-state index contributed by atoms with van der Waals surface area (Å²) in [5, 5.41) is 3.64. The first-order valence-corrected chi connectivity index (χ1v) is 12.2. The molecule has 0 amide bonds. The van der Waals surface area contributed by atoms with Crippen molar-refractivity contribution in [1.29, 1.82) is 0 Å². The number of carbonyl (C=O) groups excluding carboxylic acids is 1. The number of carbonyl (C=O) groups is 1. The minimum absolute atomic E-state index is 0.130. The maximum Gasteiger partial charge on any atom is 0.305 e. The van der Waals surface area contributed by atoms with Crippen LogP contribution in [0.3, 0.4) is 0 Å². The number of fused-ring (bicyclic) bond motifs is 5. The maximum absolute atomic E-state index is 11.6. The highest BCUT2D eigenvalue weighted by Crippen LogP contribution is 2.54. The molecule has 6 heteroatoms. The Labute approximate surface area is 207 Å². The molecule has 186 valence electrons. The van der Waals surface area contributed by atoms with Gasteiger partial charge in [0.05, 0.1) is 31.4 Å². The molecular weight excluding hydrogens is 442 g/mol. The van der Waals surface area contributed by atoms with E-state index < -0.39 is 0 Å². The average Bonchev–Trinajstić information content (AvgIpc) is 2.80. The number of benzene rings is 2. The summed E-state index contributed by atoms with van der Waals surface area (Å²) in [4.78, 5) is 11.6. The lowest BCUT2D eigenvalue weighted by molar-refractivity contribution is -0.143. The van der Waals surface area contributed by atoms with Gasteiger partial charge in [-0.15, -0.1) is 6.58 Å². The zero-order valence-corrected chi connectivity index (χ0v) is 21.3. The fourth-order valence-electron chi connectivity index (χ4n) is 5.07. The molecule has 4 rings (SSSR count). The molecule has 2 aromatic rings. The average molecular weight is 478 g/mol. The highest BCUT2D eigenvalue weighted by atomic mass is 16.5. The Hall–Kier alpha value is -3.41. The minimum atomic E-state index is -0.214. The number of allylic oxidation sites excluding steroid dienone is 1. The van der Waals surface area contributed by atoms with E-state index in [9.17, 15) is 4.79 Å². The molecule has 1 N–H and O–H groups in total. The van der Waals surface area contributed by atoms with E-state index in [0.29, 0.717) is 44.0 Å². The second-order valence-corrected chi connectivity index (χ2v) is 9.48. The van der Waals surface area contributed by atoms with E-state index in [4.69, 9.17) is 18.9 Å². The Kier molecular flexibility index (Phi) is 7.10. The summed E-state index contributed by atoms with van der Waals surface area (Å²) in [5.74, 6) is 1.79. The van der Waals surface area contributed by atoms with Crippen molar-refractivity contribution in [2.45, 2.75) is 58.6 Å². The van der Waals surface area contributed by atoms with Gasteiger partial charge < -0.3 is 24.3 Å². The van der Waals surface area contributed by atoms with E-state index in [1.165, 1.54) is 11.1 Å². The molecule has 0 saturated heterocycles. The molecule has 0 aliphatic carbocycles. The van der Waals surface area contributed by atoms with Crippen LogP contribution in [-0.4, -0.2) is 31.8 Å². The minimum Gasteiger partial charge on any atom is -0.492 e. The van der Waals surface area contributed by atoms with E-state index in [1.54, 1.807) is 14.0 Å². The smallest absolute Gasteiger partial charge is 0.305 e. The monoisotopic (exact) mass is 477 g/mol. The van der Waals surface area contributed by atoms with Gasteiger partial charge in [-0.25, -0.2) is 0 Å². The Bertz CT molecular complexity index is 1160. The Morgan fingerprint density at radius 2 is 2.03 bits per heavy atom. The third-order valence-corrected chi connectivity index (χ3v) is 6.29. The van der Waals surface area contributed by atoms with Crippen molar-refractivity contribution in [1.82, 2.24) is 0 Å². The molecular formula is C29H35NO5. The fourth-order valence-corrected chi connectivity index (χ4v) is 5.07. The van der Waals surface area contributed by atoms with Crippen LogP contribution in [0.2, 0.25) is 0 Å². The van der Waals surface area contributed by atoms with Gasteiger partial charge >= 0.3 is 5.97 Å². The first-order chi connectivity index (χ1) is 16.8. The van der Waals surface area contributed by atoms with Gasteiger partial charge in [0, 0.05) is 29.7 Å². The number of methoxy groups -OCH3 is 1. The quantitative estimate of drug-likeness (QED) is 0.246. The summed E-state index contributed by atoms with van der Waals surface area (Å²) in [6, 6.07) is 8.08. The van der Waals surface area contributed by atoms with Gasteiger partial charge in [-0.2, -0.15) is 0 Å². The molecule has 0 radical (unpaired) electrons. The first-order valence-electron chi connectivity index (χ1n) is 12.2. The van der Waals surface area contributed by atoms with Crippen LogP contribution in [0, 0.1) is 0 Å². The number of anilines is 1. The van der Waals surface area contributed by atoms with Crippen molar-refractivity contribution in [2.75, 3.05) is 25.6 Å². The van der Waals surface area contributed by atoms with Crippen molar-refractivity contribution >= 4 is 17.2 Å². The van der Waals surface area contributed by atoms with Crippen LogP contribution in [0.15, 0.2) is 43.0 Å². The number of rotatable bonds is 9. The van der Waals surface area contributed by atoms with Crippen molar-refractivity contribution in [3.05, 3.63) is 54.1 Å². The van der Waals surface area contributed by atoms with Crippen LogP contribution in [0.25, 0.3) is 16.7 Å². The van der Waals surface area contributed by atoms with E-state index in [1.807, 2.05) is 18.2 Å². The zero-order valence-electron chi connectivity index (χ0n) is 21.3. The first kappa shape index (κ1) is 24.7. The summed E-state index contributed by atoms with van der Waals surface area (Å²) in [6.07, 6.45) is 5.57. The molecule has 0 bridgehead atoms. The highest BCUT2D eigenvalue weighted by molar-refractivity contribution is 5.92. The topological polar surface area (TPSA) is 66.0 Å². The van der Waals surface area contributed by atoms with Gasteiger partial charge in [-0.05, 0) is 63.5 Å². The summed E-state index contributed by atoms with van der Waals surface area (Å²) in [7, 11) is 1.64. The highest BCUT2D eigenvalue weighted by Gasteiger charge is 2.35. The molecule has 2 aromatic carbocycles. The van der Waals surface area contributed by atoms with Crippen molar-refractivity contribution in [2.24, 2.45) is 0 Å². The Morgan fingerprint density at radius 1 is 1.23 bits per heavy atom. The van der Waals surface area contributed by atoms with E-state index in [-0.39, 0.29) is 17.6 Å². The van der Waals surface area contributed by atoms with Crippen LogP contribution >= 0.6 is 0 Å². The number of esters is 1. The fraction of sp³-hybridized carbons (Fsp3) is 0.414. The standard InChI is InChI=1S/C29H35NO5/c1-7-10-21-26-19(12-13-20-25(26)18(3)17-29(4,5)30-20)27-22(35-21)14-15-23(28(27)32-6)34-16-9-11-24(31)33-8-2/h7,12-15,17,21,30H,1,8-11,16H2,2-6H3. The van der Waals surface area contributed by atoms with Gasteiger partial charge in [0.25, 0.3) is 0 Å². The van der Waals surface area contributed by atoms with E-state index >= 15 is 0 Å². The van der Waals surface area contributed by atoms with Gasteiger partial charge in [0.15, 0.2) is 11.5 Å². The predicted molar refractivity (Wildman–Crippen MR) is 139 cm³/mol. The van der Waals surface area contributed by atoms with Crippen LogP contribution in [0.5, 0.6) is 17.2 Å². The molecule has 2 aliphatic rings. The van der Waals surface area contributed by atoms with Gasteiger partial charge in [-0.3, -0.25) is 4.79 Å². The van der Waals surface area contributed by atoms with Crippen molar-refractivity contribution < 1.29 is 23.7 Å². The van der Waals surface area contributed by atoms with E-state index in [0.717, 1.165) is 28.1 Å². The number of ether oxygens (including phenoxy) is 4. The van der Waals surface area contributed by atoms with Crippen LogP contribution < -0.4 is 19.5 Å². The lowest BCUT2D eigenvalue weighted by atomic mass is 9.81. The van der Waals surface area contributed by atoms with Crippen molar-refractivity contribution in [3.8, 4) is 28.4 Å². The molecule has 0 spiro atoms. The van der Waals surface area contributed by atoms with Crippen molar-refractivity contribution in [3.63, 3.8) is 0 Å². The molecule has 0 saturated carbocycles. The van der Waals surface area contributed by atoms with E-state index in [2.05, 4.69) is 50.9 Å². The Morgan fingerprint density at radius 3 is 2.74 bits per heavy atom. The predicted octanol–water partition coefficient (Wildman–Crippen LogP) is 6.70. The molecule has 0 aromatic heterocycles. The maximum atomic E-state index is 11.6. The molecule has 1 atom stereocenters. The van der Waals surface area contributed by atoms with Crippen LogP contribution in [-0.2, 0) is 9.53 Å². The third-order valence-electron chi connectivity index (χ3n) is 6.29. The molecule has 2 aliphatic heterocycles. The second kappa shape index (κ2) is 10.1. The molecule has 0 fully saturated rings. The molecule has 35 heavy (non-hydrogen) atoms. The Balaban J connectivity index is 1.75.